The van der Waals surface area contributed by atoms with Crippen LogP contribution in [0.5, 0.6) is 11.5 Å². The van der Waals surface area contributed by atoms with E-state index in [2.05, 4.69) is 9.44 Å². The molecule has 0 radical (unpaired) electrons. The van der Waals surface area contributed by atoms with Gasteiger partial charge in [0, 0.05) is 16.5 Å². The van der Waals surface area contributed by atoms with E-state index in [1.165, 1.54) is 48.5 Å². The quantitative estimate of drug-likeness (QED) is 0.213. The van der Waals surface area contributed by atoms with E-state index in [1.54, 1.807) is 24.3 Å². The summed E-state index contributed by atoms with van der Waals surface area (Å²) in [5.41, 5.74) is 1.25. The first-order valence-corrected chi connectivity index (χ1v) is 14.6. The van der Waals surface area contributed by atoms with Gasteiger partial charge in [-0.1, -0.05) is 48.0 Å². The number of anilines is 2. The number of fused-ring (bicyclic) bond motifs is 1. The van der Waals surface area contributed by atoms with Crippen molar-refractivity contribution in [1.82, 2.24) is 0 Å². The van der Waals surface area contributed by atoms with E-state index in [1.807, 2.05) is 31.2 Å². The molecule has 0 aliphatic heterocycles. The van der Waals surface area contributed by atoms with Crippen molar-refractivity contribution in [1.29, 1.82) is 0 Å². The van der Waals surface area contributed by atoms with Gasteiger partial charge in [0.1, 0.15) is 17.1 Å². The molecule has 4 aromatic carbocycles. The van der Waals surface area contributed by atoms with Crippen molar-refractivity contribution >= 4 is 54.0 Å². The molecule has 5 rings (SSSR count). The van der Waals surface area contributed by atoms with E-state index in [-0.39, 0.29) is 26.4 Å². The van der Waals surface area contributed by atoms with Gasteiger partial charge in [0.15, 0.2) is 0 Å². The standard InChI is InChI=1S/C27H21ClN2O6S2/c1-18-6-2-4-8-25(18)35-21-11-13-22(14-12-21)37(31,32)29-23-15-10-20(28)17-24(23)30-38(33,34)27-16-19-7-3-5-9-26(19)36-27/h2-17,29-30H,1H3. The number of furan rings is 1. The van der Waals surface area contributed by atoms with Crippen molar-refractivity contribution in [2.24, 2.45) is 0 Å². The van der Waals surface area contributed by atoms with Crippen LogP contribution < -0.4 is 14.2 Å². The summed E-state index contributed by atoms with van der Waals surface area (Å²) in [5.74, 6) is 1.12. The molecule has 1 heterocycles. The topological polar surface area (TPSA) is 115 Å². The molecule has 0 aliphatic rings. The first kappa shape index (κ1) is 25.7. The molecule has 38 heavy (non-hydrogen) atoms. The predicted molar refractivity (Wildman–Crippen MR) is 147 cm³/mol. The van der Waals surface area contributed by atoms with Gasteiger partial charge >= 0.3 is 0 Å². The molecule has 11 heteroatoms. The highest BCUT2D eigenvalue weighted by Gasteiger charge is 2.23. The number of nitrogens with one attached hydrogen (secondary N) is 2. The SMILES string of the molecule is Cc1ccccc1Oc1ccc(S(=O)(=O)Nc2ccc(Cl)cc2NS(=O)(=O)c2cc3ccccc3o2)cc1. The Labute approximate surface area is 224 Å². The zero-order valence-corrected chi connectivity index (χ0v) is 22.3. The summed E-state index contributed by atoms with van der Waals surface area (Å²) in [6.45, 7) is 1.91. The fourth-order valence-corrected chi connectivity index (χ4v) is 5.96. The van der Waals surface area contributed by atoms with E-state index in [0.29, 0.717) is 22.5 Å². The average Bonchev–Trinajstić information content (AvgIpc) is 3.33. The minimum atomic E-state index is -4.20. The predicted octanol–water partition coefficient (Wildman–Crippen LogP) is 6.79. The van der Waals surface area contributed by atoms with Crippen LogP contribution in [0.25, 0.3) is 11.0 Å². The summed E-state index contributed by atoms with van der Waals surface area (Å²) in [7, 11) is -8.29. The minimum Gasteiger partial charge on any atom is -0.457 e. The average molecular weight is 569 g/mol. The van der Waals surface area contributed by atoms with Gasteiger partial charge in [-0.25, -0.2) is 8.42 Å². The molecule has 194 valence electrons. The number of sulfonamides is 2. The number of hydrogen-bond acceptors (Lipinski definition) is 6. The molecule has 0 saturated heterocycles. The van der Waals surface area contributed by atoms with Gasteiger partial charge in [0.05, 0.1) is 16.3 Å². The normalized spacial score (nSPS) is 11.8. The maximum Gasteiger partial charge on any atom is 0.295 e. The Kier molecular flexibility index (Phi) is 6.78. The lowest BCUT2D eigenvalue weighted by Gasteiger charge is -2.15. The summed E-state index contributed by atoms with van der Waals surface area (Å²) >= 11 is 6.09. The minimum absolute atomic E-state index is 0.0191. The van der Waals surface area contributed by atoms with Gasteiger partial charge in [0.2, 0.25) is 5.09 Å². The van der Waals surface area contributed by atoms with Crippen molar-refractivity contribution in [3.8, 4) is 11.5 Å². The van der Waals surface area contributed by atoms with Gasteiger partial charge in [-0.05, 0) is 67.1 Å². The van der Waals surface area contributed by atoms with Crippen molar-refractivity contribution in [3.63, 3.8) is 0 Å². The maximum absolute atomic E-state index is 13.1. The van der Waals surface area contributed by atoms with Gasteiger partial charge in [-0.2, -0.15) is 8.42 Å². The molecule has 0 aliphatic carbocycles. The van der Waals surface area contributed by atoms with Crippen molar-refractivity contribution in [2.45, 2.75) is 16.9 Å². The van der Waals surface area contributed by atoms with Crippen molar-refractivity contribution in [3.05, 3.63) is 108 Å². The van der Waals surface area contributed by atoms with Crippen LogP contribution in [0.1, 0.15) is 5.56 Å². The van der Waals surface area contributed by atoms with Crippen LogP contribution >= 0.6 is 11.6 Å². The Balaban J connectivity index is 1.39. The number of hydrogen-bond donors (Lipinski definition) is 2. The van der Waals surface area contributed by atoms with Gasteiger partial charge < -0.3 is 9.15 Å². The first-order chi connectivity index (χ1) is 18.1. The third-order valence-electron chi connectivity index (χ3n) is 5.59. The van der Waals surface area contributed by atoms with Crippen molar-refractivity contribution in [2.75, 3.05) is 9.44 Å². The molecular weight excluding hydrogens is 548 g/mol. The molecule has 1 aromatic heterocycles. The summed E-state index contributed by atoms with van der Waals surface area (Å²) in [4.78, 5) is -0.0457. The highest BCUT2D eigenvalue weighted by molar-refractivity contribution is 7.93. The second-order valence-electron chi connectivity index (χ2n) is 8.34. The molecule has 0 saturated carbocycles. The molecule has 0 unspecified atom stereocenters. The van der Waals surface area contributed by atoms with E-state index >= 15 is 0 Å². The molecule has 5 aromatic rings. The van der Waals surface area contributed by atoms with Crippen LogP contribution in [0, 0.1) is 6.92 Å². The largest absolute Gasteiger partial charge is 0.457 e. The van der Waals surface area contributed by atoms with Gasteiger partial charge in [-0.15, -0.1) is 0 Å². The van der Waals surface area contributed by atoms with Crippen LogP contribution in [0.4, 0.5) is 11.4 Å². The zero-order chi connectivity index (χ0) is 26.9. The summed E-state index contributed by atoms with van der Waals surface area (Å²) in [6, 6.07) is 25.7. The highest BCUT2D eigenvalue weighted by Crippen LogP contribution is 2.32. The summed E-state index contributed by atoms with van der Waals surface area (Å²) in [5, 5.41) is 0.486. The summed E-state index contributed by atoms with van der Waals surface area (Å²) < 4.78 is 68.5. The Morgan fingerprint density at radius 2 is 1.42 bits per heavy atom. The lowest BCUT2D eigenvalue weighted by molar-refractivity contribution is 0.478. The summed E-state index contributed by atoms with van der Waals surface area (Å²) in [6.07, 6.45) is 0. The first-order valence-electron chi connectivity index (χ1n) is 11.3. The van der Waals surface area contributed by atoms with Gasteiger partial charge in [-0.3, -0.25) is 9.44 Å². The van der Waals surface area contributed by atoms with Crippen molar-refractivity contribution < 1.29 is 26.0 Å². The maximum atomic E-state index is 13.1. The Morgan fingerprint density at radius 3 is 2.16 bits per heavy atom. The Hall–Kier alpha value is -3.99. The van der Waals surface area contributed by atoms with E-state index < -0.39 is 20.0 Å². The smallest absolute Gasteiger partial charge is 0.295 e. The molecule has 0 amide bonds. The van der Waals surface area contributed by atoms with Crippen LogP contribution in [-0.2, 0) is 20.0 Å². The second-order valence-corrected chi connectivity index (χ2v) is 12.1. The molecule has 0 bridgehead atoms. The second kappa shape index (κ2) is 10.1. The number of para-hydroxylation sites is 2. The lowest BCUT2D eigenvalue weighted by atomic mass is 10.2. The van der Waals surface area contributed by atoms with Crippen LogP contribution in [-0.4, -0.2) is 16.8 Å². The fraction of sp³-hybridized carbons (Fsp3) is 0.0370. The monoisotopic (exact) mass is 568 g/mol. The molecule has 8 nitrogen and oxygen atoms in total. The molecule has 0 atom stereocenters. The molecule has 0 spiro atoms. The third-order valence-corrected chi connectivity index (χ3v) is 8.43. The van der Waals surface area contributed by atoms with Crippen LogP contribution in [0.15, 0.2) is 111 Å². The number of halogens is 1. The number of rotatable bonds is 8. The molecule has 2 N–H and O–H groups in total. The lowest BCUT2D eigenvalue weighted by Crippen LogP contribution is -2.17. The highest BCUT2D eigenvalue weighted by atomic mass is 35.5. The van der Waals surface area contributed by atoms with E-state index in [4.69, 9.17) is 20.8 Å². The molecular formula is C27H21ClN2O6S2. The third kappa shape index (κ3) is 5.47. The zero-order valence-electron chi connectivity index (χ0n) is 19.9. The van der Waals surface area contributed by atoms with E-state index in [0.717, 1.165) is 5.56 Å². The Bertz CT molecular complexity index is 1820. The van der Waals surface area contributed by atoms with Crippen LogP contribution in [0.2, 0.25) is 5.02 Å². The van der Waals surface area contributed by atoms with Crippen LogP contribution in [0.3, 0.4) is 0 Å². The number of ether oxygens (including phenoxy) is 1. The number of benzene rings is 4. The fourth-order valence-electron chi connectivity index (χ4n) is 3.66. The van der Waals surface area contributed by atoms with E-state index in [9.17, 15) is 16.8 Å². The Morgan fingerprint density at radius 1 is 0.737 bits per heavy atom. The van der Waals surface area contributed by atoms with Gasteiger partial charge in [0.25, 0.3) is 20.0 Å². The number of aryl methyl sites for hydroxylation is 1. The molecule has 0 fully saturated rings.